The summed E-state index contributed by atoms with van der Waals surface area (Å²) in [5.74, 6) is -0.0921. The largest absolute Gasteiger partial charge is 0.465 e. The summed E-state index contributed by atoms with van der Waals surface area (Å²) in [4.78, 5) is 13.7. The zero-order valence-corrected chi connectivity index (χ0v) is 10.0. The minimum Gasteiger partial charge on any atom is -0.465 e. The summed E-state index contributed by atoms with van der Waals surface area (Å²) in [6, 6.07) is 0.288. The van der Waals surface area contributed by atoms with Crippen LogP contribution in [0.15, 0.2) is 0 Å². The van der Waals surface area contributed by atoms with Gasteiger partial charge in [0.2, 0.25) is 0 Å². The zero-order chi connectivity index (χ0) is 11.1. The van der Waals surface area contributed by atoms with E-state index < -0.39 is 0 Å². The van der Waals surface area contributed by atoms with Crippen LogP contribution in [-0.4, -0.2) is 36.6 Å². The van der Waals surface area contributed by atoms with Crippen LogP contribution in [0.1, 0.15) is 40.5 Å². The van der Waals surface area contributed by atoms with E-state index in [2.05, 4.69) is 25.7 Å². The normalized spacial score (nSPS) is 13.4. The van der Waals surface area contributed by atoms with E-state index in [-0.39, 0.29) is 12.0 Å². The van der Waals surface area contributed by atoms with Crippen molar-refractivity contribution in [2.75, 3.05) is 13.7 Å². The van der Waals surface area contributed by atoms with Crippen LogP contribution >= 0.6 is 0 Å². The van der Waals surface area contributed by atoms with Crippen molar-refractivity contribution in [2.24, 2.45) is 0 Å². The van der Waals surface area contributed by atoms with Gasteiger partial charge in [0.15, 0.2) is 0 Å². The Balaban J connectivity index is 4.33. The molecule has 3 nitrogen and oxygen atoms in total. The summed E-state index contributed by atoms with van der Waals surface area (Å²) in [5.41, 5.74) is 0. The Morgan fingerprint density at radius 3 is 2.29 bits per heavy atom. The first-order valence-electron chi connectivity index (χ1n) is 5.43. The molecule has 0 aliphatic carbocycles. The molecule has 0 fully saturated rings. The van der Waals surface area contributed by atoms with Crippen molar-refractivity contribution in [2.45, 2.75) is 52.6 Å². The molecular formula is C11H23NO2. The van der Waals surface area contributed by atoms with E-state index in [0.717, 1.165) is 12.8 Å². The Hall–Kier alpha value is -0.570. The van der Waals surface area contributed by atoms with E-state index in [4.69, 9.17) is 4.74 Å². The smallest absolute Gasteiger partial charge is 0.323 e. The highest BCUT2D eigenvalue weighted by molar-refractivity contribution is 5.75. The van der Waals surface area contributed by atoms with Gasteiger partial charge < -0.3 is 4.74 Å². The van der Waals surface area contributed by atoms with E-state index in [1.807, 2.05) is 14.0 Å². The molecule has 0 radical (unpaired) electrons. The minimum atomic E-state index is -0.0921. The Bertz CT molecular complexity index is 169. The Morgan fingerprint density at radius 1 is 1.36 bits per heavy atom. The van der Waals surface area contributed by atoms with Gasteiger partial charge in [-0.15, -0.1) is 0 Å². The molecule has 1 atom stereocenters. The zero-order valence-electron chi connectivity index (χ0n) is 10.0. The van der Waals surface area contributed by atoms with Crippen molar-refractivity contribution in [3.05, 3.63) is 0 Å². The fourth-order valence-corrected chi connectivity index (χ4v) is 1.36. The van der Waals surface area contributed by atoms with Gasteiger partial charge in [-0.1, -0.05) is 13.3 Å². The highest BCUT2D eigenvalue weighted by atomic mass is 16.5. The number of hydrogen-bond acceptors (Lipinski definition) is 3. The van der Waals surface area contributed by atoms with E-state index in [0.29, 0.717) is 12.6 Å². The molecule has 0 aliphatic rings. The number of likely N-dealkylation sites (N-methyl/N-ethyl adjacent to an activating group) is 1. The van der Waals surface area contributed by atoms with Gasteiger partial charge in [0.1, 0.15) is 6.04 Å². The van der Waals surface area contributed by atoms with Crippen LogP contribution in [0.2, 0.25) is 0 Å². The SMILES string of the molecule is CCCC(C(=O)OCC)N(C)C(C)C. The highest BCUT2D eigenvalue weighted by Gasteiger charge is 2.24. The number of ether oxygens (including phenoxy) is 1. The molecule has 0 aromatic heterocycles. The van der Waals surface area contributed by atoms with Gasteiger partial charge in [0.05, 0.1) is 6.61 Å². The monoisotopic (exact) mass is 201 g/mol. The van der Waals surface area contributed by atoms with Gasteiger partial charge in [-0.2, -0.15) is 0 Å². The van der Waals surface area contributed by atoms with Crippen LogP contribution < -0.4 is 0 Å². The van der Waals surface area contributed by atoms with E-state index in [9.17, 15) is 4.79 Å². The van der Waals surface area contributed by atoms with E-state index in [1.54, 1.807) is 0 Å². The first kappa shape index (κ1) is 13.4. The van der Waals surface area contributed by atoms with Gasteiger partial charge in [0, 0.05) is 6.04 Å². The van der Waals surface area contributed by atoms with Crippen LogP contribution in [-0.2, 0) is 9.53 Å². The average Bonchev–Trinajstić information content (AvgIpc) is 2.13. The van der Waals surface area contributed by atoms with Crippen molar-refractivity contribution in [3.63, 3.8) is 0 Å². The molecule has 0 saturated heterocycles. The molecule has 0 bridgehead atoms. The summed E-state index contributed by atoms with van der Waals surface area (Å²) in [6.45, 7) is 8.56. The second-order valence-corrected chi connectivity index (χ2v) is 3.82. The van der Waals surface area contributed by atoms with Crippen LogP contribution in [0.5, 0.6) is 0 Å². The first-order chi connectivity index (χ1) is 6.54. The maximum atomic E-state index is 11.6. The second-order valence-electron chi connectivity index (χ2n) is 3.82. The van der Waals surface area contributed by atoms with E-state index in [1.165, 1.54) is 0 Å². The van der Waals surface area contributed by atoms with Crippen LogP contribution in [0.25, 0.3) is 0 Å². The highest BCUT2D eigenvalue weighted by Crippen LogP contribution is 2.10. The number of esters is 1. The molecule has 3 heteroatoms. The quantitative estimate of drug-likeness (QED) is 0.616. The van der Waals surface area contributed by atoms with Crippen molar-refractivity contribution >= 4 is 5.97 Å². The Labute approximate surface area is 87.4 Å². The van der Waals surface area contributed by atoms with Gasteiger partial charge in [-0.25, -0.2) is 0 Å². The summed E-state index contributed by atoms with van der Waals surface area (Å²) < 4.78 is 5.05. The number of carbonyl (C=O) groups is 1. The maximum Gasteiger partial charge on any atom is 0.323 e. The predicted molar refractivity (Wildman–Crippen MR) is 58.2 cm³/mol. The topological polar surface area (TPSA) is 29.5 Å². The summed E-state index contributed by atoms with van der Waals surface area (Å²) in [7, 11) is 1.97. The maximum absolute atomic E-state index is 11.6. The van der Waals surface area contributed by atoms with Gasteiger partial charge in [-0.05, 0) is 34.2 Å². The fraction of sp³-hybridized carbons (Fsp3) is 0.909. The Morgan fingerprint density at radius 2 is 1.93 bits per heavy atom. The van der Waals surface area contributed by atoms with Gasteiger partial charge in [-0.3, -0.25) is 9.69 Å². The standard InChI is InChI=1S/C11H23NO2/c1-6-8-10(11(13)14-7-2)12(5)9(3)4/h9-10H,6-8H2,1-5H3. The number of carbonyl (C=O) groups excluding carboxylic acids is 1. The van der Waals surface area contributed by atoms with E-state index >= 15 is 0 Å². The summed E-state index contributed by atoms with van der Waals surface area (Å²) >= 11 is 0. The lowest BCUT2D eigenvalue weighted by molar-refractivity contribution is -0.150. The molecule has 84 valence electrons. The molecule has 0 spiro atoms. The lowest BCUT2D eigenvalue weighted by Crippen LogP contribution is -2.43. The van der Waals surface area contributed by atoms with Crippen molar-refractivity contribution in [1.29, 1.82) is 0 Å². The van der Waals surface area contributed by atoms with Crippen LogP contribution in [0.3, 0.4) is 0 Å². The molecule has 1 unspecified atom stereocenters. The molecule has 0 heterocycles. The van der Waals surface area contributed by atoms with Gasteiger partial charge >= 0.3 is 5.97 Å². The third-order valence-corrected chi connectivity index (χ3v) is 2.43. The van der Waals surface area contributed by atoms with Crippen molar-refractivity contribution in [3.8, 4) is 0 Å². The molecule has 0 aromatic rings. The average molecular weight is 201 g/mol. The predicted octanol–water partition coefficient (Wildman–Crippen LogP) is 2.06. The summed E-state index contributed by atoms with van der Waals surface area (Å²) in [6.07, 6.45) is 1.87. The molecule has 0 aromatic carbocycles. The lowest BCUT2D eigenvalue weighted by atomic mass is 10.1. The Kier molecular flexibility index (Phi) is 6.54. The minimum absolute atomic E-state index is 0.0834. The molecule has 0 amide bonds. The third kappa shape index (κ3) is 4.09. The molecule has 0 saturated carbocycles. The molecule has 14 heavy (non-hydrogen) atoms. The van der Waals surface area contributed by atoms with Crippen molar-refractivity contribution < 1.29 is 9.53 Å². The molecule has 0 rings (SSSR count). The molecule has 0 N–H and O–H groups in total. The van der Waals surface area contributed by atoms with Crippen LogP contribution in [0, 0.1) is 0 Å². The third-order valence-electron chi connectivity index (χ3n) is 2.43. The molecule has 0 aliphatic heterocycles. The number of hydrogen-bond donors (Lipinski definition) is 0. The summed E-state index contributed by atoms with van der Waals surface area (Å²) in [5, 5.41) is 0. The van der Waals surface area contributed by atoms with Crippen molar-refractivity contribution in [1.82, 2.24) is 4.90 Å². The number of rotatable bonds is 6. The fourth-order valence-electron chi connectivity index (χ4n) is 1.36. The first-order valence-corrected chi connectivity index (χ1v) is 5.43. The molecular weight excluding hydrogens is 178 g/mol. The second kappa shape index (κ2) is 6.82. The number of nitrogens with zero attached hydrogens (tertiary/aromatic N) is 1. The van der Waals surface area contributed by atoms with Gasteiger partial charge in [0.25, 0.3) is 0 Å². The van der Waals surface area contributed by atoms with Crippen LogP contribution in [0.4, 0.5) is 0 Å². The lowest BCUT2D eigenvalue weighted by Gasteiger charge is -2.29.